The Balaban J connectivity index is 1.74. The molecule has 0 bridgehead atoms. The van der Waals surface area contributed by atoms with E-state index in [0.29, 0.717) is 28.7 Å². The van der Waals surface area contributed by atoms with Gasteiger partial charge in [0.1, 0.15) is 11.3 Å². The number of nitrogens with zero attached hydrogens (tertiary/aromatic N) is 1. The first-order valence-corrected chi connectivity index (χ1v) is 11.4. The van der Waals surface area contributed by atoms with Crippen LogP contribution in [-0.2, 0) is 9.84 Å². The third-order valence-electron chi connectivity index (χ3n) is 5.85. The predicted octanol–water partition coefficient (Wildman–Crippen LogP) is 2.53. The van der Waals surface area contributed by atoms with Crippen LogP contribution in [0.2, 0.25) is 0 Å². The van der Waals surface area contributed by atoms with E-state index in [9.17, 15) is 18.0 Å². The van der Waals surface area contributed by atoms with Gasteiger partial charge < -0.3 is 14.1 Å². The number of hydrogen-bond acceptors (Lipinski definition) is 6. The molecule has 5 rings (SSSR count). The van der Waals surface area contributed by atoms with Gasteiger partial charge in [-0.1, -0.05) is 24.3 Å². The molecule has 1 aromatic heterocycles. The van der Waals surface area contributed by atoms with E-state index < -0.39 is 27.8 Å². The van der Waals surface area contributed by atoms with E-state index in [2.05, 4.69) is 0 Å². The van der Waals surface area contributed by atoms with E-state index in [1.54, 1.807) is 55.6 Å². The summed E-state index contributed by atoms with van der Waals surface area (Å²) in [7, 11) is -1.68. The quantitative estimate of drug-likeness (QED) is 0.640. The van der Waals surface area contributed by atoms with Gasteiger partial charge in [0, 0.05) is 6.04 Å². The van der Waals surface area contributed by atoms with Gasteiger partial charge in [-0.05, 0) is 36.2 Å². The molecule has 3 aromatic rings. The van der Waals surface area contributed by atoms with Crippen molar-refractivity contribution in [1.82, 2.24) is 4.90 Å². The summed E-state index contributed by atoms with van der Waals surface area (Å²) in [6, 6.07) is 12.7. The molecule has 2 aliphatic rings. The summed E-state index contributed by atoms with van der Waals surface area (Å²) in [5, 5.41) is 0.392. The molecule has 1 amide bonds. The van der Waals surface area contributed by atoms with Crippen LogP contribution < -0.4 is 10.2 Å². The Morgan fingerprint density at radius 1 is 1.07 bits per heavy atom. The van der Waals surface area contributed by atoms with E-state index in [0.717, 1.165) is 0 Å². The topological polar surface area (TPSA) is 93.9 Å². The lowest BCUT2D eigenvalue weighted by Gasteiger charge is -2.30. The summed E-state index contributed by atoms with van der Waals surface area (Å²) in [4.78, 5) is 28.3. The van der Waals surface area contributed by atoms with E-state index in [4.69, 9.17) is 9.15 Å². The summed E-state index contributed by atoms with van der Waals surface area (Å²) in [5.74, 6) is 0.0900. The molecule has 2 aliphatic heterocycles. The highest BCUT2D eigenvalue weighted by Crippen LogP contribution is 2.41. The fraction of sp³-hybridized carbons (Fsp3) is 0.273. The Morgan fingerprint density at radius 3 is 2.47 bits per heavy atom. The van der Waals surface area contributed by atoms with Crippen LogP contribution >= 0.6 is 0 Å². The van der Waals surface area contributed by atoms with Crippen LogP contribution in [0, 0.1) is 0 Å². The van der Waals surface area contributed by atoms with Gasteiger partial charge in [0.25, 0.3) is 5.91 Å². The first kappa shape index (κ1) is 18.9. The monoisotopic (exact) mass is 425 g/mol. The third-order valence-corrected chi connectivity index (χ3v) is 7.60. The number of amides is 1. The van der Waals surface area contributed by atoms with Crippen molar-refractivity contribution in [3.05, 3.63) is 75.6 Å². The minimum absolute atomic E-state index is 0.0104. The van der Waals surface area contributed by atoms with Gasteiger partial charge in [0.15, 0.2) is 15.3 Å². The van der Waals surface area contributed by atoms with Crippen molar-refractivity contribution in [2.24, 2.45) is 0 Å². The first-order chi connectivity index (χ1) is 14.4. The van der Waals surface area contributed by atoms with Crippen LogP contribution in [0.1, 0.15) is 34.1 Å². The molecule has 0 unspecified atom stereocenters. The van der Waals surface area contributed by atoms with Crippen molar-refractivity contribution < 1.29 is 22.4 Å². The summed E-state index contributed by atoms with van der Waals surface area (Å²) in [6.07, 6.45) is 0.336. The second-order valence-electron chi connectivity index (χ2n) is 7.62. The summed E-state index contributed by atoms with van der Waals surface area (Å²) in [5.41, 5.74) is 1.02. The third kappa shape index (κ3) is 2.82. The largest absolute Gasteiger partial charge is 0.497 e. The lowest BCUT2D eigenvalue weighted by Crippen LogP contribution is -2.40. The number of carbonyl (C=O) groups is 1. The standard InChI is InChI=1S/C22H19NO6S/c1-28-15-8-6-13(7-9-15)19-18-20(24)16-4-2-3-5-17(16)29-21(18)22(25)23(19)14-10-11-30(26,27)12-14/h2-9,14,19H,10-12H2,1H3/t14-,19+/m1/s1. The average molecular weight is 425 g/mol. The minimum Gasteiger partial charge on any atom is -0.497 e. The van der Waals surface area contributed by atoms with Gasteiger partial charge in [-0.25, -0.2) is 8.42 Å². The van der Waals surface area contributed by atoms with Crippen molar-refractivity contribution in [3.63, 3.8) is 0 Å². The van der Waals surface area contributed by atoms with E-state index >= 15 is 0 Å². The number of benzene rings is 2. The normalized spacial score (nSPS) is 22.4. The van der Waals surface area contributed by atoms with Crippen molar-refractivity contribution in [2.45, 2.75) is 18.5 Å². The molecule has 0 saturated carbocycles. The number of sulfone groups is 1. The maximum atomic E-state index is 13.4. The second-order valence-corrected chi connectivity index (χ2v) is 9.84. The predicted molar refractivity (Wildman–Crippen MR) is 111 cm³/mol. The van der Waals surface area contributed by atoms with E-state index in [1.165, 1.54) is 4.90 Å². The maximum absolute atomic E-state index is 13.4. The van der Waals surface area contributed by atoms with Crippen LogP contribution in [0.3, 0.4) is 0 Å². The van der Waals surface area contributed by atoms with Gasteiger partial charge in [-0.15, -0.1) is 0 Å². The number of methoxy groups -OCH3 is 1. The number of hydrogen-bond donors (Lipinski definition) is 0. The molecule has 3 heterocycles. The van der Waals surface area contributed by atoms with Gasteiger partial charge in [0.2, 0.25) is 5.76 Å². The van der Waals surface area contributed by atoms with Crippen LogP contribution in [0.25, 0.3) is 11.0 Å². The molecule has 0 N–H and O–H groups in total. The van der Waals surface area contributed by atoms with Crippen molar-refractivity contribution in [2.75, 3.05) is 18.6 Å². The molecule has 0 spiro atoms. The molecule has 1 saturated heterocycles. The summed E-state index contributed by atoms with van der Waals surface area (Å²) < 4.78 is 35.3. The molecule has 1 fully saturated rings. The van der Waals surface area contributed by atoms with Gasteiger partial charge in [0.05, 0.1) is 35.6 Å². The molecule has 0 radical (unpaired) electrons. The Labute approximate surface area is 172 Å². The highest BCUT2D eigenvalue weighted by atomic mass is 32.2. The van der Waals surface area contributed by atoms with Gasteiger partial charge >= 0.3 is 0 Å². The number of ether oxygens (including phenoxy) is 1. The smallest absolute Gasteiger partial charge is 0.291 e. The number of carbonyl (C=O) groups excluding carboxylic acids is 1. The van der Waals surface area contributed by atoms with Gasteiger partial charge in [-0.2, -0.15) is 0 Å². The van der Waals surface area contributed by atoms with Crippen LogP contribution in [0.4, 0.5) is 0 Å². The lowest BCUT2D eigenvalue weighted by molar-refractivity contribution is 0.0662. The van der Waals surface area contributed by atoms with Crippen LogP contribution in [0.15, 0.2) is 57.7 Å². The minimum atomic E-state index is -3.23. The van der Waals surface area contributed by atoms with Crippen LogP contribution in [-0.4, -0.2) is 43.9 Å². The number of fused-ring (bicyclic) bond motifs is 2. The zero-order chi connectivity index (χ0) is 21.0. The highest BCUT2D eigenvalue weighted by molar-refractivity contribution is 7.91. The van der Waals surface area contributed by atoms with E-state index in [1.807, 2.05) is 0 Å². The molecule has 2 atom stereocenters. The molecule has 7 nitrogen and oxygen atoms in total. The average Bonchev–Trinajstić information content (AvgIpc) is 3.25. The van der Waals surface area contributed by atoms with Gasteiger partial charge in [-0.3, -0.25) is 9.59 Å². The second kappa shape index (κ2) is 6.70. The van der Waals surface area contributed by atoms with Crippen molar-refractivity contribution in [3.8, 4) is 5.75 Å². The zero-order valence-electron chi connectivity index (χ0n) is 16.2. The van der Waals surface area contributed by atoms with Crippen LogP contribution in [0.5, 0.6) is 5.75 Å². The molecule has 154 valence electrons. The Morgan fingerprint density at radius 2 is 1.80 bits per heavy atom. The Bertz CT molecular complexity index is 1330. The molecule has 30 heavy (non-hydrogen) atoms. The number of para-hydroxylation sites is 1. The number of rotatable bonds is 3. The lowest BCUT2D eigenvalue weighted by atomic mass is 9.97. The molecule has 2 aromatic carbocycles. The molecular formula is C22H19NO6S. The zero-order valence-corrected chi connectivity index (χ0v) is 17.0. The molecular weight excluding hydrogens is 406 g/mol. The van der Waals surface area contributed by atoms with E-state index in [-0.39, 0.29) is 28.3 Å². The maximum Gasteiger partial charge on any atom is 0.291 e. The molecule has 8 heteroatoms. The fourth-order valence-electron chi connectivity index (χ4n) is 4.42. The molecule has 0 aliphatic carbocycles. The fourth-order valence-corrected chi connectivity index (χ4v) is 6.13. The summed E-state index contributed by atoms with van der Waals surface area (Å²) >= 11 is 0. The first-order valence-electron chi connectivity index (χ1n) is 9.62. The Hall–Kier alpha value is -3.13. The Kier molecular flexibility index (Phi) is 4.21. The van der Waals surface area contributed by atoms with Crippen molar-refractivity contribution in [1.29, 1.82) is 0 Å². The summed E-state index contributed by atoms with van der Waals surface area (Å²) in [6.45, 7) is 0. The van der Waals surface area contributed by atoms with Crippen molar-refractivity contribution >= 4 is 26.7 Å². The SMILES string of the molecule is COc1ccc([C@H]2c3c(oc4ccccc4c3=O)C(=O)N2[C@@H]2CCS(=O)(=O)C2)cc1. The highest BCUT2D eigenvalue weighted by Gasteiger charge is 2.48.